The van der Waals surface area contributed by atoms with E-state index < -0.39 is 5.91 Å². The van der Waals surface area contributed by atoms with Gasteiger partial charge in [-0.1, -0.05) is 35.3 Å². The maximum absolute atomic E-state index is 13.2. The minimum absolute atomic E-state index is 0.313. The summed E-state index contributed by atoms with van der Waals surface area (Å²) in [6.07, 6.45) is 4.42. The molecule has 0 aliphatic rings. The lowest BCUT2D eigenvalue weighted by atomic mass is 10.0. The minimum Gasteiger partial charge on any atom is -0.323 e. The first-order chi connectivity index (χ1) is 17.3. The lowest BCUT2D eigenvalue weighted by molar-refractivity contribution is 0.0954. The SMILES string of the molecule is Cc1c(C=NNC(=O)c2cccnc2)[nH]c(=O)c2c1ccc1nc(Nc3c(Cl)cccc3Cl)n(C)c12. The number of fused-ring (bicyclic) bond motifs is 3. The van der Waals surface area contributed by atoms with Crippen LogP contribution in [0.2, 0.25) is 10.0 Å². The van der Waals surface area contributed by atoms with Crippen LogP contribution in [0, 0.1) is 6.92 Å². The molecular formula is C25H19Cl2N7O2. The van der Waals surface area contributed by atoms with Crippen molar-refractivity contribution in [1.82, 2.24) is 24.9 Å². The molecule has 0 fully saturated rings. The number of para-hydroxylation sites is 1. The van der Waals surface area contributed by atoms with Gasteiger partial charge in [-0.2, -0.15) is 5.10 Å². The van der Waals surface area contributed by atoms with Crippen LogP contribution in [0.15, 0.2) is 64.8 Å². The number of amides is 1. The molecular weight excluding hydrogens is 501 g/mol. The van der Waals surface area contributed by atoms with Gasteiger partial charge in [-0.15, -0.1) is 0 Å². The molecule has 0 bridgehead atoms. The zero-order valence-corrected chi connectivity index (χ0v) is 20.6. The Labute approximate surface area is 214 Å². The Kier molecular flexibility index (Phi) is 6.17. The Morgan fingerprint density at radius 3 is 2.64 bits per heavy atom. The fraction of sp³-hybridized carbons (Fsp3) is 0.0800. The summed E-state index contributed by atoms with van der Waals surface area (Å²) in [6.45, 7) is 1.87. The number of imidazole rings is 1. The zero-order chi connectivity index (χ0) is 25.4. The molecule has 0 radical (unpaired) electrons. The van der Waals surface area contributed by atoms with E-state index in [4.69, 9.17) is 23.2 Å². The van der Waals surface area contributed by atoms with Crippen LogP contribution in [0.25, 0.3) is 21.8 Å². The molecule has 9 nitrogen and oxygen atoms in total. The number of hydrogen-bond donors (Lipinski definition) is 3. The second-order valence-electron chi connectivity index (χ2n) is 8.01. The number of aryl methyl sites for hydroxylation is 2. The maximum atomic E-state index is 13.2. The van der Waals surface area contributed by atoms with E-state index in [0.29, 0.717) is 49.4 Å². The number of nitrogens with one attached hydrogen (secondary N) is 3. The number of anilines is 2. The Bertz CT molecular complexity index is 1710. The predicted molar refractivity (Wildman–Crippen MR) is 143 cm³/mol. The number of rotatable bonds is 5. The molecule has 0 saturated carbocycles. The van der Waals surface area contributed by atoms with E-state index in [9.17, 15) is 9.59 Å². The number of H-pyrrole nitrogens is 1. The van der Waals surface area contributed by atoms with Crippen molar-refractivity contribution in [3.05, 3.63) is 92.1 Å². The molecule has 0 spiro atoms. The van der Waals surface area contributed by atoms with E-state index in [2.05, 4.69) is 30.8 Å². The smallest absolute Gasteiger partial charge is 0.272 e. The molecule has 180 valence electrons. The molecule has 5 aromatic rings. The van der Waals surface area contributed by atoms with Crippen LogP contribution < -0.4 is 16.3 Å². The average Bonchev–Trinajstić information content (AvgIpc) is 3.19. The summed E-state index contributed by atoms with van der Waals surface area (Å²) >= 11 is 12.6. The lowest BCUT2D eigenvalue weighted by Gasteiger charge is -2.10. The summed E-state index contributed by atoms with van der Waals surface area (Å²) in [6, 6.07) is 12.2. The molecule has 0 aliphatic carbocycles. The van der Waals surface area contributed by atoms with Gasteiger partial charge in [0.25, 0.3) is 11.5 Å². The molecule has 36 heavy (non-hydrogen) atoms. The summed E-state index contributed by atoms with van der Waals surface area (Å²) in [5.41, 5.74) is 5.57. The van der Waals surface area contributed by atoms with Gasteiger partial charge in [0.2, 0.25) is 5.95 Å². The molecule has 5 rings (SSSR count). The highest BCUT2D eigenvalue weighted by Gasteiger charge is 2.17. The van der Waals surface area contributed by atoms with Gasteiger partial charge < -0.3 is 14.9 Å². The van der Waals surface area contributed by atoms with E-state index in [1.807, 2.05) is 19.1 Å². The number of benzene rings is 2. The summed E-state index contributed by atoms with van der Waals surface area (Å²) in [5, 5.41) is 9.29. The van der Waals surface area contributed by atoms with Gasteiger partial charge in [-0.25, -0.2) is 10.4 Å². The first kappa shape index (κ1) is 23.5. The van der Waals surface area contributed by atoms with Crippen molar-refractivity contribution in [1.29, 1.82) is 0 Å². The van der Waals surface area contributed by atoms with Crippen LogP contribution in [0.5, 0.6) is 0 Å². The second kappa shape index (κ2) is 9.44. The van der Waals surface area contributed by atoms with Crippen molar-refractivity contribution in [2.24, 2.45) is 12.1 Å². The Morgan fingerprint density at radius 2 is 1.92 bits per heavy atom. The Morgan fingerprint density at radius 1 is 1.14 bits per heavy atom. The Balaban J connectivity index is 1.53. The van der Waals surface area contributed by atoms with Gasteiger partial charge in [0.1, 0.15) is 0 Å². The van der Waals surface area contributed by atoms with E-state index in [-0.39, 0.29) is 5.56 Å². The normalized spacial score (nSPS) is 11.4. The van der Waals surface area contributed by atoms with Crippen LogP contribution >= 0.6 is 23.2 Å². The fourth-order valence-corrected chi connectivity index (χ4v) is 4.45. The average molecular weight is 520 g/mol. The molecule has 0 unspecified atom stereocenters. The number of hydrazone groups is 1. The molecule has 3 heterocycles. The molecule has 2 aromatic carbocycles. The van der Waals surface area contributed by atoms with Crippen molar-refractivity contribution >= 4 is 68.8 Å². The van der Waals surface area contributed by atoms with Crippen LogP contribution in [0.1, 0.15) is 21.6 Å². The molecule has 3 aromatic heterocycles. The highest BCUT2D eigenvalue weighted by molar-refractivity contribution is 6.39. The van der Waals surface area contributed by atoms with Crippen LogP contribution in [-0.4, -0.2) is 31.6 Å². The molecule has 0 atom stereocenters. The first-order valence-electron chi connectivity index (χ1n) is 10.8. The van der Waals surface area contributed by atoms with Crippen molar-refractivity contribution in [2.75, 3.05) is 5.32 Å². The van der Waals surface area contributed by atoms with Gasteiger partial charge in [0.05, 0.1) is 49.6 Å². The zero-order valence-electron chi connectivity index (χ0n) is 19.1. The number of hydrogen-bond acceptors (Lipinski definition) is 6. The van der Waals surface area contributed by atoms with E-state index >= 15 is 0 Å². The monoisotopic (exact) mass is 519 g/mol. The highest BCUT2D eigenvalue weighted by atomic mass is 35.5. The molecule has 0 saturated heterocycles. The van der Waals surface area contributed by atoms with Gasteiger partial charge in [-0.05, 0) is 48.2 Å². The topological polar surface area (TPSA) is 117 Å². The highest BCUT2D eigenvalue weighted by Crippen LogP contribution is 2.34. The molecule has 0 aliphatic heterocycles. The van der Waals surface area contributed by atoms with Crippen molar-refractivity contribution in [3.63, 3.8) is 0 Å². The van der Waals surface area contributed by atoms with E-state index in [1.54, 1.807) is 48.1 Å². The second-order valence-corrected chi connectivity index (χ2v) is 8.82. The number of pyridine rings is 2. The largest absolute Gasteiger partial charge is 0.323 e. The summed E-state index contributed by atoms with van der Waals surface area (Å²) in [4.78, 5) is 36.8. The Hall–Kier alpha value is -4.21. The number of nitrogens with zero attached hydrogens (tertiary/aromatic N) is 4. The summed E-state index contributed by atoms with van der Waals surface area (Å²) < 4.78 is 1.79. The van der Waals surface area contributed by atoms with Crippen LogP contribution in [-0.2, 0) is 7.05 Å². The van der Waals surface area contributed by atoms with Gasteiger partial charge >= 0.3 is 0 Å². The first-order valence-corrected chi connectivity index (χ1v) is 11.6. The van der Waals surface area contributed by atoms with Crippen molar-refractivity contribution in [2.45, 2.75) is 6.92 Å². The quantitative estimate of drug-likeness (QED) is 0.224. The van der Waals surface area contributed by atoms with Gasteiger partial charge in [-0.3, -0.25) is 14.6 Å². The van der Waals surface area contributed by atoms with Gasteiger partial charge in [0, 0.05) is 19.4 Å². The number of carbonyl (C=O) groups excluding carboxylic acids is 1. The molecule has 1 amide bonds. The summed E-state index contributed by atoms with van der Waals surface area (Å²) in [5.74, 6) is 0.0729. The van der Waals surface area contributed by atoms with E-state index in [0.717, 1.165) is 10.9 Å². The third-order valence-corrected chi connectivity index (χ3v) is 6.43. The molecule has 11 heteroatoms. The predicted octanol–water partition coefficient (Wildman–Crippen LogP) is 4.93. The van der Waals surface area contributed by atoms with E-state index in [1.165, 1.54) is 12.4 Å². The number of aromatic nitrogens is 4. The standard InChI is InChI=1S/C25H19Cl2N7O2/c1-13-15-8-9-18-22(34(2)25(31-18)32-21-16(26)6-3-7-17(21)27)20(15)24(36)30-19(13)12-29-33-23(35)14-5-4-10-28-11-14/h3-12H,1-2H3,(H,30,36)(H,31,32)(H,33,35). The minimum atomic E-state index is -0.407. The fourth-order valence-electron chi connectivity index (χ4n) is 3.96. The van der Waals surface area contributed by atoms with Crippen molar-refractivity contribution < 1.29 is 4.79 Å². The third kappa shape index (κ3) is 4.19. The van der Waals surface area contributed by atoms with Gasteiger partial charge in [0.15, 0.2) is 0 Å². The molecule has 3 N–H and O–H groups in total. The maximum Gasteiger partial charge on any atom is 0.272 e. The number of aromatic amines is 1. The number of halogens is 2. The summed E-state index contributed by atoms with van der Waals surface area (Å²) in [7, 11) is 1.81. The number of carbonyl (C=O) groups is 1. The third-order valence-electron chi connectivity index (χ3n) is 5.80. The van der Waals surface area contributed by atoms with Crippen LogP contribution in [0.4, 0.5) is 11.6 Å². The lowest BCUT2D eigenvalue weighted by Crippen LogP contribution is -2.18. The van der Waals surface area contributed by atoms with Crippen molar-refractivity contribution in [3.8, 4) is 0 Å². The van der Waals surface area contributed by atoms with Crippen LogP contribution in [0.3, 0.4) is 0 Å².